The minimum absolute atomic E-state index is 0.0257. The largest absolute Gasteiger partial charge is 0.481 e. The van der Waals surface area contributed by atoms with E-state index in [9.17, 15) is 15.0 Å². The zero-order valence-electron chi connectivity index (χ0n) is 10.1. The van der Waals surface area contributed by atoms with E-state index in [1.807, 2.05) is 0 Å². The van der Waals surface area contributed by atoms with E-state index in [4.69, 9.17) is 4.74 Å². The normalized spacial score (nSPS) is 37.3. The molecule has 98 valence electrons. The molecule has 0 radical (unpaired) electrons. The van der Waals surface area contributed by atoms with Gasteiger partial charge >= 0.3 is 5.97 Å². The van der Waals surface area contributed by atoms with Crippen LogP contribution in [0, 0.1) is 17.8 Å². The van der Waals surface area contributed by atoms with E-state index < -0.39 is 12.1 Å². The number of carboxylic acids is 1. The standard InChI is InChI=1S/C12H21NO4/c1-17-6-9(14)5-13-11-8-3-2-7(4-8)10(11)12(15)16/h7-11,13-14H,2-6H2,1H3,(H,15,16). The highest BCUT2D eigenvalue weighted by atomic mass is 16.5. The van der Waals surface area contributed by atoms with Crippen molar-refractivity contribution in [1.29, 1.82) is 0 Å². The summed E-state index contributed by atoms with van der Waals surface area (Å²) in [6.07, 6.45) is 2.62. The molecule has 5 heteroatoms. The zero-order valence-corrected chi connectivity index (χ0v) is 10.1. The molecule has 0 heterocycles. The molecule has 0 aromatic rings. The molecule has 3 N–H and O–H groups in total. The Bertz CT molecular complexity index is 284. The number of aliphatic hydroxyl groups excluding tert-OH is 1. The van der Waals surface area contributed by atoms with Crippen molar-refractivity contribution in [2.75, 3.05) is 20.3 Å². The molecule has 0 aromatic heterocycles. The topological polar surface area (TPSA) is 78.8 Å². The first kappa shape index (κ1) is 12.8. The fraction of sp³-hybridized carbons (Fsp3) is 0.917. The van der Waals surface area contributed by atoms with E-state index in [0.29, 0.717) is 18.4 Å². The summed E-state index contributed by atoms with van der Waals surface area (Å²) in [5.74, 6) is -0.176. The van der Waals surface area contributed by atoms with Crippen molar-refractivity contribution in [2.24, 2.45) is 17.8 Å². The van der Waals surface area contributed by atoms with Gasteiger partial charge in [0, 0.05) is 19.7 Å². The summed E-state index contributed by atoms with van der Waals surface area (Å²) in [5.41, 5.74) is 0. The molecule has 2 saturated carbocycles. The quantitative estimate of drug-likeness (QED) is 0.616. The maximum atomic E-state index is 11.2. The van der Waals surface area contributed by atoms with Crippen LogP contribution in [-0.4, -0.2) is 48.6 Å². The van der Waals surface area contributed by atoms with Crippen molar-refractivity contribution in [2.45, 2.75) is 31.4 Å². The number of carbonyl (C=O) groups is 1. The lowest BCUT2D eigenvalue weighted by Crippen LogP contribution is -2.47. The number of ether oxygens (including phenoxy) is 1. The molecule has 5 unspecified atom stereocenters. The summed E-state index contributed by atoms with van der Waals surface area (Å²) in [6, 6.07) is 0.0257. The first-order valence-electron chi connectivity index (χ1n) is 6.26. The van der Waals surface area contributed by atoms with Gasteiger partial charge in [0.05, 0.1) is 18.6 Å². The van der Waals surface area contributed by atoms with Gasteiger partial charge in [-0.15, -0.1) is 0 Å². The highest BCUT2D eigenvalue weighted by molar-refractivity contribution is 5.72. The lowest BCUT2D eigenvalue weighted by molar-refractivity contribution is -0.144. The van der Waals surface area contributed by atoms with E-state index in [2.05, 4.69) is 5.32 Å². The van der Waals surface area contributed by atoms with E-state index in [1.165, 1.54) is 0 Å². The first-order chi connectivity index (χ1) is 8.13. The van der Waals surface area contributed by atoms with Crippen LogP contribution in [-0.2, 0) is 9.53 Å². The Kier molecular flexibility index (Phi) is 4.01. The molecule has 17 heavy (non-hydrogen) atoms. The van der Waals surface area contributed by atoms with Crippen molar-refractivity contribution in [3.8, 4) is 0 Å². The molecule has 2 rings (SSSR count). The Labute approximate surface area is 101 Å². The van der Waals surface area contributed by atoms with Gasteiger partial charge in [0.15, 0.2) is 0 Å². The zero-order chi connectivity index (χ0) is 12.4. The molecule has 0 spiro atoms. The van der Waals surface area contributed by atoms with E-state index >= 15 is 0 Å². The number of aliphatic carboxylic acids is 1. The number of nitrogens with one attached hydrogen (secondary N) is 1. The van der Waals surface area contributed by atoms with Gasteiger partial charge < -0.3 is 20.3 Å². The van der Waals surface area contributed by atoms with Gasteiger partial charge in [0.25, 0.3) is 0 Å². The van der Waals surface area contributed by atoms with E-state index in [0.717, 1.165) is 19.3 Å². The van der Waals surface area contributed by atoms with Crippen molar-refractivity contribution < 1.29 is 19.7 Å². The Hall–Kier alpha value is -0.650. The molecular weight excluding hydrogens is 222 g/mol. The van der Waals surface area contributed by atoms with Crippen LogP contribution in [0.15, 0.2) is 0 Å². The number of carboxylic acid groups (broad SMARTS) is 1. The summed E-state index contributed by atoms with van der Waals surface area (Å²) >= 11 is 0. The van der Waals surface area contributed by atoms with Crippen molar-refractivity contribution >= 4 is 5.97 Å². The van der Waals surface area contributed by atoms with Gasteiger partial charge in [0.2, 0.25) is 0 Å². The minimum Gasteiger partial charge on any atom is -0.481 e. The molecule has 5 nitrogen and oxygen atoms in total. The first-order valence-corrected chi connectivity index (χ1v) is 6.26. The summed E-state index contributed by atoms with van der Waals surface area (Å²) in [4.78, 5) is 11.2. The van der Waals surface area contributed by atoms with Gasteiger partial charge in [-0.25, -0.2) is 0 Å². The fourth-order valence-electron chi connectivity index (χ4n) is 3.46. The second-order valence-electron chi connectivity index (χ2n) is 5.24. The molecule has 0 amide bonds. The van der Waals surface area contributed by atoms with Crippen LogP contribution in [0.3, 0.4) is 0 Å². The number of aliphatic hydroxyl groups is 1. The minimum atomic E-state index is -0.698. The number of hydrogen-bond donors (Lipinski definition) is 3. The van der Waals surface area contributed by atoms with Crippen molar-refractivity contribution in [1.82, 2.24) is 5.32 Å². The maximum absolute atomic E-state index is 11.2. The molecule has 0 aliphatic heterocycles. The average Bonchev–Trinajstić information content (AvgIpc) is 2.86. The van der Waals surface area contributed by atoms with Crippen LogP contribution in [0.4, 0.5) is 0 Å². The number of rotatable bonds is 6. The summed E-state index contributed by atoms with van der Waals surface area (Å²) in [5, 5.41) is 22.0. The third kappa shape index (κ3) is 2.61. The Morgan fingerprint density at radius 2 is 2.18 bits per heavy atom. The third-order valence-corrected chi connectivity index (χ3v) is 4.15. The van der Waals surface area contributed by atoms with Crippen LogP contribution in [0.1, 0.15) is 19.3 Å². The molecular formula is C12H21NO4. The maximum Gasteiger partial charge on any atom is 0.308 e. The van der Waals surface area contributed by atoms with Crippen molar-refractivity contribution in [3.05, 3.63) is 0 Å². The van der Waals surface area contributed by atoms with Gasteiger partial charge in [0.1, 0.15) is 0 Å². The summed E-state index contributed by atoms with van der Waals surface area (Å²) in [7, 11) is 1.54. The Morgan fingerprint density at radius 3 is 2.82 bits per heavy atom. The smallest absolute Gasteiger partial charge is 0.308 e. The SMILES string of the molecule is COCC(O)CNC1C2CCC(C2)C1C(=O)O. The Morgan fingerprint density at radius 1 is 1.47 bits per heavy atom. The summed E-state index contributed by atoms with van der Waals surface area (Å²) in [6.45, 7) is 0.692. The van der Waals surface area contributed by atoms with Crippen LogP contribution < -0.4 is 5.32 Å². The molecule has 5 atom stereocenters. The molecule has 0 saturated heterocycles. The highest BCUT2D eigenvalue weighted by Gasteiger charge is 2.50. The van der Waals surface area contributed by atoms with Gasteiger partial charge in [-0.2, -0.15) is 0 Å². The number of fused-ring (bicyclic) bond motifs is 2. The van der Waals surface area contributed by atoms with E-state index in [-0.39, 0.29) is 18.6 Å². The van der Waals surface area contributed by atoms with Gasteiger partial charge in [-0.3, -0.25) is 4.79 Å². The predicted octanol–water partition coefficient (Wildman–Crippen LogP) is 0.0826. The molecule has 2 bridgehead atoms. The highest BCUT2D eigenvalue weighted by Crippen LogP contribution is 2.48. The van der Waals surface area contributed by atoms with Crippen LogP contribution in [0.2, 0.25) is 0 Å². The average molecular weight is 243 g/mol. The molecule has 0 aromatic carbocycles. The fourth-order valence-corrected chi connectivity index (χ4v) is 3.46. The van der Waals surface area contributed by atoms with Crippen molar-refractivity contribution in [3.63, 3.8) is 0 Å². The molecule has 2 fully saturated rings. The van der Waals surface area contributed by atoms with E-state index in [1.54, 1.807) is 7.11 Å². The van der Waals surface area contributed by atoms with Crippen LogP contribution in [0.25, 0.3) is 0 Å². The summed E-state index contributed by atoms with van der Waals surface area (Å²) < 4.78 is 4.85. The number of methoxy groups -OCH3 is 1. The van der Waals surface area contributed by atoms with Gasteiger partial charge in [-0.05, 0) is 31.1 Å². The van der Waals surface area contributed by atoms with Gasteiger partial charge in [-0.1, -0.05) is 0 Å². The molecule has 2 aliphatic carbocycles. The monoisotopic (exact) mass is 243 g/mol. The molecule has 2 aliphatic rings. The third-order valence-electron chi connectivity index (χ3n) is 4.15. The van der Waals surface area contributed by atoms with Crippen LogP contribution >= 0.6 is 0 Å². The number of hydrogen-bond acceptors (Lipinski definition) is 4. The second kappa shape index (κ2) is 5.33. The Balaban J connectivity index is 1.88. The van der Waals surface area contributed by atoms with Crippen LogP contribution in [0.5, 0.6) is 0 Å². The predicted molar refractivity (Wildman–Crippen MR) is 61.6 cm³/mol. The lowest BCUT2D eigenvalue weighted by Gasteiger charge is -2.29. The second-order valence-corrected chi connectivity index (χ2v) is 5.24. The lowest BCUT2D eigenvalue weighted by atomic mass is 9.84.